The first-order valence-electron chi connectivity index (χ1n) is 4.08. The number of nitrogens with zero attached hydrogens (tertiary/aromatic N) is 2. The van der Waals surface area contributed by atoms with Gasteiger partial charge in [-0.2, -0.15) is 18.2 Å². The summed E-state index contributed by atoms with van der Waals surface area (Å²) in [5.41, 5.74) is 0. The highest BCUT2D eigenvalue weighted by molar-refractivity contribution is 6.05. The van der Waals surface area contributed by atoms with Crippen LogP contribution in [0.2, 0.25) is 0 Å². The lowest BCUT2D eigenvalue weighted by molar-refractivity contribution is -0.171. The highest BCUT2D eigenvalue weighted by Gasteiger charge is 2.39. The van der Waals surface area contributed by atoms with Crippen molar-refractivity contribution < 1.29 is 22.8 Å². The quantitative estimate of drug-likeness (QED) is 0.751. The van der Waals surface area contributed by atoms with Crippen molar-refractivity contribution in [2.75, 3.05) is 5.32 Å². The van der Waals surface area contributed by atoms with E-state index in [2.05, 4.69) is 15.2 Å². The van der Waals surface area contributed by atoms with Crippen LogP contribution in [-0.2, 0) is 9.59 Å². The Balaban J connectivity index is 2.52. The molecule has 0 spiro atoms. The van der Waals surface area contributed by atoms with Gasteiger partial charge in [-0.3, -0.25) is 20.0 Å². The summed E-state index contributed by atoms with van der Waals surface area (Å²) in [6, 6.07) is 0. The van der Waals surface area contributed by atoms with Gasteiger partial charge in [0.05, 0.1) is 6.42 Å². The third-order valence-corrected chi connectivity index (χ3v) is 1.49. The molecule has 0 saturated carbocycles. The molecule has 0 fully saturated rings. The average molecular weight is 236 g/mol. The first kappa shape index (κ1) is 12.1. The monoisotopic (exact) mass is 236 g/mol. The minimum absolute atomic E-state index is 0.169. The Bertz CT molecular complexity index is 412. The second-order valence-corrected chi connectivity index (χ2v) is 2.89. The summed E-state index contributed by atoms with van der Waals surface area (Å²) in [5, 5.41) is 7.79. The van der Waals surface area contributed by atoms with Gasteiger partial charge in [-0.05, 0) is 6.92 Å². The number of halogens is 3. The molecular weight excluding hydrogens is 229 g/mol. The molecule has 1 rings (SSSR count). The van der Waals surface area contributed by atoms with E-state index in [-0.39, 0.29) is 5.95 Å². The summed E-state index contributed by atoms with van der Waals surface area (Å²) in [4.78, 5) is 25.0. The van der Waals surface area contributed by atoms with Crippen molar-refractivity contribution in [3.63, 3.8) is 0 Å². The standard InChI is InChI=1S/C7H7F3N4O2/c1-3-11-6(14-13-3)12-5(16)2-4(15)7(8,9)10/h2H2,1H3,(H2,11,12,13,14,16). The molecule has 6 nitrogen and oxygen atoms in total. The van der Waals surface area contributed by atoms with Crippen molar-refractivity contribution in [3.05, 3.63) is 5.82 Å². The highest BCUT2D eigenvalue weighted by Crippen LogP contribution is 2.17. The van der Waals surface area contributed by atoms with E-state index in [0.29, 0.717) is 5.82 Å². The van der Waals surface area contributed by atoms with Crippen molar-refractivity contribution in [1.82, 2.24) is 15.2 Å². The number of amides is 1. The lowest BCUT2D eigenvalue weighted by Gasteiger charge is -2.03. The largest absolute Gasteiger partial charge is 0.450 e. The van der Waals surface area contributed by atoms with E-state index in [1.807, 2.05) is 5.32 Å². The fraction of sp³-hybridized carbons (Fsp3) is 0.429. The van der Waals surface area contributed by atoms with Crippen LogP contribution in [0.4, 0.5) is 19.1 Å². The molecule has 16 heavy (non-hydrogen) atoms. The Labute approximate surface area is 87.2 Å². The van der Waals surface area contributed by atoms with E-state index in [9.17, 15) is 22.8 Å². The number of hydrogen-bond donors (Lipinski definition) is 2. The van der Waals surface area contributed by atoms with Crippen LogP contribution in [0.15, 0.2) is 0 Å². The summed E-state index contributed by atoms with van der Waals surface area (Å²) < 4.78 is 35.4. The van der Waals surface area contributed by atoms with Crippen molar-refractivity contribution >= 4 is 17.6 Å². The number of nitrogens with one attached hydrogen (secondary N) is 2. The van der Waals surface area contributed by atoms with Crippen LogP contribution in [-0.4, -0.2) is 33.0 Å². The maximum Gasteiger partial charge on any atom is 0.450 e. The van der Waals surface area contributed by atoms with Crippen molar-refractivity contribution in [1.29, 1.82) is 0 Å². The number of rotatable bonds is 3. The molecular formula is C7H7F3N4O2. The van der Waals surface area contributed by atoms with Crippen LogP contribution in [0.3, 0.4) is 0 Å². The number of Topliss-reactive ketones (excluding diaryl/α,β-unsaturated/α-hetero) is 1. The number of anilines is 1. The van der Waals surface area contributed by atoms with Crippen LogP contribution in [0.5, 0.6) is 0 Å². The van der Waals surface area contributed by atoms with Crippen molar-refractivity contribution in [3.8, 4) is 0 Å². The number of carbonyl (C=O) groups is 2. The van der Waals surface area contributed by atoms with Gasteiger partial charge in [-0.15, -0.1) is 5.10 Å². The Morgan fingerprint density at radius 1 is 1.44 bits per heavy atom. The van der Waals surface area contributed by atoms with Gasteiger partial charge in [0.2, 0.25) is 17.6 Å². The summed E-state index contributed by atoms with van der Waals surface area (Å²) in [7, 11) is 0. The smallest absolute Gasteiger partial charge is 0.293 e. The fourth-order valence-corrected chi connectivity index (χ4v) is 0.814. The number of carbonyl (C=O) groups excluding carboxylic acids is 2. The number of aromatic nitrogens is 3. The Hall–Kier alpha value is -1.93. The van der Waals surface area contributed by atoms with Gasteiger partial charge in [-0.1, -0.05) is 0 Å². The highest BCUT2D eigenvalue weighted by atomic mass is 19.4. The Morgan fingerprint density at radius 2 is 2.06 bits per heavy atom. The SMILES string of the molecule is Cc1nc(NC(=O)CC(=O)C(F)(F)F)n[nH]1. The van der Waals surface area contributed by atoms with Crippen LogP contribution >= 0.6 is 0 Å². The summed E-state index contributed by atoms with van der Waals surface area (Å²) in [6.45, 7) is 1.55. The van der Waals surface area contributed by atoms with Gasteiger partial charge in [0.15, 0.2) is 0 Å². The van der Waals surface area contributed by atoms with Crippen LogP contribution in [0.25, 0.3) is 0 Å². The molecule has 0 saturated heterocycles. The topological polar surface area (TPSA) is 87.7 Å². The summed E-state index contributed by atoms with van der Waals surface area (Å²) >= 11 is 0. The minimum Gasteiger partial charge on any atom is -0.293 e. The maximum atomic E-state index is 11.8. The van der Waals surface area contributed by atoms with Gasteiger partial charge < -0.3 is 0 Å². The molecule has 0 aliphatic rings. The van der Waals surface area contributed by atoms with E-state index < -0.39 is 24.3 Å². The second kappa shape index (κ2) is 4.29. The molecule has 0 aliphatic carbocycles. The molecule has 1 aromatic rings. The molecule has 1 aromatic heterocycles. The van der Waals surface area contributed by atoms with E-state index >= 15 is 0 Å². The average Bonchev–Trinajstić information content (AvgIpc) is 2.49. The predicted octanol–water partition coefficient (Wildman–Crippen LogP) is 0.573. The molecule has 1 amide bonds. The van der Waals surface area contributed by atoms with Gasteiger partial charge >= 0.3 is 6.18 Å². The Kier molecular flexibility index (Phi) is 3.25. The number of aromatic amines is 1. The minimum atomic E-state index is -5.01. The van der Waals surface area contributed by atoms with Crippen LogP contribution < -0.4 is 5.32 Å². The molecule has 0 unspecified atom stereocenters. The van der Waals surface area contributed by atoms with Crippen LogP contribution in [0, 0.1) is 6.92 Å². The third kappa shape index (κ3) is 3.33. The lowest BCUT2D eigenvalue weighted by atomic mass is 10.2. The molecule has 0 aromatic carbocycles. The van der Waals surface area contributed by atoms with E-state index in [1.165, 1.54) is 0 Å². The van der Waals surface area contributed by atoms with E-state index in [0.717, 1.165) is 0 Å². The van der Waals surface area contributed by atoms with Gasteiger partial charge in [0, 0.05) is 0 Å². The zero-order valence-electron chi connectivity index (χ0n) is 8.05. The molecule has 0 radical (unpaired) electrons. The molecule has 0 aliphatic heterocycles. The summed E-state index contributed by atoms with van der Waals surface area (Å²) in [5.74, 6) is -3.01. The number of alkyl halides is 3. The normalized spacial score (nSPS) is 11.2. The molecule has 1 heterocycles. The van der Waals surface area contributed by atoms with E-state index in [1.54, 1.807) is 6.92 Å². The number of ketones is 1. The molecule has 88 valence electrons. The number of hydrogen-bond acceptors (Lipinski definition) is 4. The lowest BCUT2D eigenvalue weighted by Crippen LogP contribution is -2.28. The molecule has 2 N–H and O–H groups in total. The first-order valence-corrected chi connectivity index (χ1v) is 4.08. The summed E-state index contributed by atoms with van der Waals surface area (Å²) in [6.07, 6.45) is -6.29. The molecule has 0 bridgehead atoms. The maximum absolute atomic E-state index is 11.8. The van der Waals surface area contributed by atoms with E-state index in [4.69, 9.17) is 0 Å². The zero-order chi connectivity index (χ0) is 12.3. The molecule has 0 atom stereocenters. The van der Waals surface area contributed by atoms with Crippen molar-refractivity contribution in [2.24, 2.45) is 0 Å². The van der Waals surface area contributed by atoms with Gasteiger partial charge in [0.1, 0.15) is 5.82 Å². The number of H-pyrrole nitrogens is 1. The van der Waals surface area contributed by atoms with Crippen molar-refractivity contribution in [2.45, 2.75) is 19.5 Å². The zero-order valence-corrected chi connectivity index (χ0v) is 8.05. The fourth-order valence-electron chi connectivity index (χ4n) is 0.814. The first-order chi connectivity index (χ1) is 7.29. The van der Waals surface area contributed by atoms with Gasteiger partial charge in [-0.25, -0.2) is 0 Å². The van der Waals surface area contributed by atoms with Gasteiger partial charge in [0.25, 0.3) is 0 Å². The molecule has 9 heteroatoms. The predicted molar refractivity (Wildman–Crippen MR) is 45.4 cm³/mol. The third-order valence-electron chi connectivity index (χ3n) is 1.49. The van der Waals surface area contributed by atoms with Crippen LogP contribution in [0.1, 0.15) is 12.2 Å². The Morgan fingerprint density at radius 3 is 2.50 bits per heavy atom. The second-order valence-electron chi connectivity index (χ2n) is 2.89. The number of aryl methyl sites for hydroxylation is 1.